The van der Waals surface area contributed by atoms with Crippen LogP contribution in [0.5, 0.6) is 5.75 Å². The van der Waals surface area contributed by atoms with Gasteiger partial charge < -0.3 is 15.8 Å². The minimum atomic E-state index is -0.280. The second kappa shape index (κ2) is 7.66. The molecule has 0 aliphatic rings. The molecule has 0 aliphatic heterocycles. The van der Waals surface area contributed by atoms with Gasteiger partial charge in [0.15, 0.2) is 0 Å². The fraction of sp³-hybridized carbons (Fsp3) is 0.0952. The molecule has 0 radical (unpaired) electrons. The van der Waals surface area contributed by atoms with Gasteiger partial charge in [-0.15, -0.1) is 11.3 Å². The van der Waals surface area contributed by atoms with Crippen LogP contribution in [0, 0.1) is 0 Å². The smallest absolute Gasteiger partial charge is 0.268 e. The van der Waals surface area contributed by atoms with Crippen LogP contribution in [0.25, 0.3) is 21.5 Å². The molecule has 0 saturated heterocycles. The highest BCUT2D eigenvalue weighted by Crippen LogP contribution is 2.35. The summed E-state index contributed by atoms with van der Waals surface area (Å²) in [6.07, 6.45) is 3.44. The Kier molecular flexibility index (Phi) is 4.90. The number of amides is 1. The van der Waals surface area contributed by atoms with Gasteiger partial charge in [-0.1, -0.05) is 12.1 Å². The lowest BCUT2D eigenvalue weighted by Gasteiger charge is -2.10. The standard InChI is InChI=1S/C21H18N4O2S/c1-2-27-17-6-4-3-5-16(17)24-20(26)19-18(22)14-7-8-15(25-21(14)28-19)13-9-11-23-12-10-13/h3-12H,2,22H2,1H3,(H,24,26). The van der Waals surface area contributed by atoms with E-state index in [4.69, 9.17) is 10.5 Å². The highest BCUT2D eigenvalue weighted by molar-refractivity contribution is 7.21. The van der Waals surface area contributed by atoms with Crippen LogP contribution in [-0.4, -0.2) is 22.5 Å². The van der Waals surface area contributed by atoms with E-state index in [1.807, 2.05) is 49.4 Å². The molecule has 4 rings (SSSR count). The quantitative estimate of drug-likeness (QED) is 0.520. The molecular formula is C21H18N4O2S. The van der Waals surface area contributed by atoms with Crippen LogP contribution in [-0.2, 0) is 0 Å². The third-order valence-electron chi connectivity index (χ3n) is 4.21. The maximum absolute atomic E-state index is 12.8. The molecule has 1 amide bonds. The summed E-state index contributed by atoms with van der Waals surface area (Å²) in [5.74, 6) is 0.342. The normalized spacial score (nSPS) is 10.8. The number of para-hydroxylation sites is 2. The maximum Gasteiger partial charge on any atom is 0.268 e. The number of anilines is 2. The average molecular weight is 390 g/mol. The maximum atomic E-state index is 12.8. The number of thiophene rings is 1. The van der Waals surface area contributed by atoms with Gasteiger partial charge in [0.1, 0.15) is 15.5 Å². The fourth-order valence-electron chi connectivity index (χ4n) is 2.88. The van der Waals surface area contributed by atoms with Gasteiger partial charge in [-0.25, -0.2) is 4.98 Å². The lowest BCUT2D eigenvalue weighted by Crippen LogP contribution is -2.13. The van der Waals surface area contributed by atoms with Crippen LogP contribution in [0.15, 0.2) is 60.9 Å². The van der Waals surface area contributed by atoms with Crippen LogP contribution in [0.1, 0.15) is 16.6 Å². The van der Waals surface area contributed by atoms with E-state index in [2.05, 4.69) is 15.3 Å². The molecule has 0 saturated carbocycles. The summed E-state index contributed by atoms with van der Waals surface area (Å²) in [6.45, 7) is 2.41. The van der Waals surface area contributed by atoms with E-state index >= 15 is 0 Å². The lowest BCUT2D eigenvalue weighted by atomic mass is 10.1. The molecule has 4 aromatic rings. The Bertz CT molecular complexity index is 1140. The van der Waals surface area contributed by atoms with Crippen molar-refractivity contribution in [3.8, 4) is 17.0 Å². The van der Waals surface area contributed by atoms with Gasteiger partial charge in [-0.2, -0.15) is 0 Å². The van der Waals surface area contributed by atoms with Crippen LogP contribution in [0.4, 0.5) is 11.4 Å². The monoisotopic (exact) mass is 390 g/mol. The van der Waals surface area contributed by atoms with Crippen molar-refractivity contribution in [1.82, 2.24) is 9.97 Å². The van der Waals surface area contributed by atoms with Gasteiger partial charge in [-0.05, 0) is 43.3 Å². The number of nitrogens with two attached hydrogens (primary N) is 1. The Morgan fingerprint density at radius 2 is 1.93 bits per heavy atom. The number of rotatable bonds is 5. The number of ether oxygens (including phenoxy) is 1. The van der Waals surface area contributed by atoms with Crippen molar-refractivity contribution in [1.29, 1.82) is 0 Å². The molecule has 0 atom stereocenters. The number of hydrogen-bond acceptors (Lipinski definition) is 6. The van der Waals surface area contributed by atoms with Gasteiger partial charge in [0, 0.05) is 23.3 Å². The van der Waals surface area contributed by atoms with E-state index < -0.39 is 0 Å². The molecule has 0 aliphatic carbocycles. The number of nitrogens with one attached hydrogen (secondary N) is 1. The Labute approximate surface area is 166 Å². The molecule has 1 aromatic carbocycles. The molecule has 0 fully saturated rings. The summed E-state index contributed by atoms with van der Waals surface area (Å²) in [7, 11) is 0. The first-order valence-electron chi connectivity index (χ1n) is 8.80. The molecule has 3 heterocycles. The molecule has 0 unspecified atom stereocenters. The summed E-state index contributed by atoms with van der Waals surface area (Å²) < 4.78 is 5.57. The first-order chi connectivity index (χ1) is 13.7. The van der Waals surface area contributed by atoms with E-state index in [9.17, 15) is 4.79 Å². The Hall–Kier alpha value is -3.45. The van der Waals surface area contributed by atoms with Crippen molar-refractivity contribution in [3.05, 3.63) is 65.8 Å². The second-order valence-electron chi connectivity index (χ2n) is 6.01. The minimum absolute atomic E-state index is 0.280. The van der Waals surface area contributed by atoms with Crippen molar-refractivity contribution < 1.29 is 9.53 Å². The first kappa shape index (κ1) is 17.9. The van der Waals surface area contributed by atoms with Gasteiger partial charge in [0.2, 0.25) is 0 Å². The summed E-state index contributed by atoms with van der Waals surface area (Å²) in [5.41, 5.74) is 9.05. The molecule has 6 nitrogen and oxygen atoms in total. The minimum Gasteiger partial charge on any atom is -0.492 e. The van der Waals surface area contributed by atoms with Crippen molar-refractivity contribution in [2.75, 3.05) is 17.7 Å². The van der Waals surface area contributed by atoms with Crippen molar-refractivity contribution in [2.45, 2.75) is 6.92 Å². The van der Waals surface area contributed by atoms with Gasteiger partial charge in [0.05, 0.1) is 23.7 Å². The predicted octanol–water partition coefficient (Wildman–Crippen LogP) is 4.59. The van der Waals surface area contributed by atoms with Gasteiger partial charge in [-0.3, -0.25) is 9.78 Å². The molecule has 0 spiro atoms. The van der Waals surface area contributed by atoms with Crippen LogP contribution in [0.3, 0.4) is 0 Å². The molecule has 0 bridgehead atoms. The number of carbonyl (C=O) groups is 1. The highest BCUT2D eigenvalue weighted by Gasteiger charge is 2.19. The number of nitrogen functional groups attached to an aromatic ring is 1. The molecule has 140 valence electrons. The summed E-state index contributed by atoms with van der Waals surface area (Å²) in [4.78, 5) is 22.7. The zero-order chi connectivity index (χ0) is 19.5. The van der Waals surface area contributed by atoms with Crippen molar-refractivity contribution >= 4 is 38.8 Å². The zero-order valence-electron chi connectivity index (χ0n) is 15.2. The van der Waals surface area contributed by atoms with Crippen LogP contribution in [0.2, 0.25) is 0 Å². The fourth-order valence-corrected chi connectivity index (χ4v) is 3.87. The lowest BCUT2D eigenvalue weighted by molar-refractivity contribution is 0.103. The number of aromatic nitrogens is 2. The third kappa shape index (κ3) is 3.39. The third-order valence-corrected chi connectivity index (χ3v) is 5.33. The Balaban J connectivity index is 1.67. The van der Waals surface area contributed by atoms with Crippen molar-refractivity contribution in [3.63, 3.8) is 0 Å². The molecule has 7 heteroatoms. The van der Waals surface area contributed by atoms with E-state index in [-0.39, 0.29) is 5.91 Å². The van der Waals surface area contributed by atoms with Gasteiger partial charge >= 0.3 is 0 Å². The highest BCUT2D eigenvalue weighted by atomic mass is 32.1. The topological polar surface area (TPSA) is 90.1 Å². The largest absolute Gasteiger partial charge is 0.492 e. The molecular weight excluding hydrogens is 372 g/mol. The number of nitrogens with zero attached hydrogens (tertiary/aromatic N) is 2. The van der Waals surface area contributed by atoms with E-state index in [1.165, 1.54) is 11.3 Å². The van der Waals surface area contributed by atoms with E-state index in [1.54, 1.807) is 18.5 Å². The van der Waals surface area contributed by atoms with E-state index in [0.29, 0.717) is 28.6 Å². The van der Waals surface area contributed by atoms with Crippen LogP contribution >= 0.6 is 11.3 Å². The summed E-state index contributed by atoms with van der Waals surface area (Å²) >= 11 is 1.27. The summed E-state index contributed by atoms with van der Waals surface area (Å²) in [6, 6.07) is 14.9. The van der Waals surface area contributed by atoms with Crippen LogP contribution < -0.4 is 15.8 Å². The zero-order valence-corrected chi connectivity index (χ0v) is 16.0. The predicted molar refractivity (Wildman–Crippen MR) is 113 cm³/mol. The Morgan fingerprint density at radius 3 is 2.71 bits per heavy atom. The molecule has 3 aromatic heterocycles. The van der Waals surface area contributed by atoms with E-state index in [0.717, 1.165) is 21.5 Å². The molecule has 28 heavy (non-hydrogen) atoms. The Morgan fingerprint density at radius 1 is 1.14 bits per heavy atom. The first-order valence-corrected chi connectivity index (χ1v) is 9.61. The molecule has 3 N–H and O–H groups in total. The van der Waals surface area contributed by atoms with Crippen molar-refractivity contribution in [2.24, 2.45) is 0 Å². The number of fused-ring (bicyclic) bond motifs is 1. The second-order valence-corrected chi connectivity index (χ2v) is 7.01. The average Bonchev–Trinajstić information content (AvgIpc) is 3.06. The van der Waals surface area contributed by atoms with Gasteiger partial charge in [0.25, 0.3) is 5.91 Å². The number of benzene rings is 1. The number of carbonyl (C=O) groups excluding carboxylic acids is 1. The summed E-state index contributed by atoms with van der Waals surface area (Å²) in [5, 5.41) is 3.66. The number of hydrogen-bond donors (Lipinski definition) is 2. The SMILES string of the molecule is CCOc1ccccc1NC(=O)c1sc2nc(-c3ccncc3)ccc2c1N. The number of pyridine rings is 2.